The monoisotopic (exact) mass is 381 g/mol. The average Bonchev–Trinajstić information content (AvgIpc) is 3.04. The van der Waals surface area contributed by atoms with Crippen LogP contribution in [0, 0.1) is 0 Å². The molecule has 2 aromatic carbocycles. The van der Waals surface area contributed by atoms with Gasteiger partial charge in [-0.15, -0.1) is 0 Å². The summed E-state index contributed by atoms with van der Waals surface area (Å²) in [7, 11) is -0.168. The molecule has 146 valence electrons. The first kappa shape index (κ1) is 20.3. The molecule has 1 saturated heterocycles. The van der Waals surface area contributed by atoms with E-state index in [9.17, 15) is 0 Å². The first-order valence-corrected chi connectivity index (χ1v) is 12.2. The lowest BCUT2D eigenvalue weighted by Gasteiger charge is -2.45. The Kier molecular flexibility index (Phi) is 6.24. The smallest absolute Gasteiger partial charge is 0.261 e. The van der Waals surface area contributed by atoms with Crippen LogP contribution in [-0.2, 0) is 4.43 Å². The predicted molar refractivity (Wildman–Crippen MR) is 118 cm³/mol. The van der Waals surface area contributed by atoms with E-state index in [0.717, 1.165) is 6.42 Å². The zero-order chi connectivity index (χ0) is 19.5. The van der Waals surface area contributed by atoms with Crippen LogP contribution in [0.25, 0.3) is 0 Å². The summed E-state index contributed by atoms with van der Waals surface area (Å²) in [6.07, 6.45) is 3.96. The van der Waals surface area contributed by atoms with Crippen molar-refractivity contribution in [1.29, 1.82) is 0 Å². The topological polar surface area (TPSA) is 12.5 Å². The summed E-state index contributed by atoms with van der Waals surface area (Å²) in [5.41, 5.74) is 0. The maximum Gasteiger partial charge on any atom is 0.261 e. The van der Waals surface area contributed by atoms with E-state index in [1.54, 1.807) is 0 Å². The van der Waals surface area contributed by atoms with Gasteiger partial charge in [0.1, 0.15) is 0 Å². The largest absolute Gasteiger partial charge is 0.405 e. The van der Waals surface area contributed by atoms with Crippen LogP contribution in [0.2, 0.25) is 5.04 Å². The minimum Gasteiger partial charge on any atom is -0.405 e. The van der Waals surface area contributed by atoms with Crippen molar-refractivity contribution in [2.75, 3.05) is 13.6 Å². The Balaban J connectivity index is 2.01. The highest BCUT2D eigenvalue weighted by Gasteiger charge is 2.51. The van der Waals surface area contributed by atoms with Gasteiger partial charge in [-0.1, -0.05) is 81.4 Å². The Morgan fingerprint density at radius 1 is 1.00 bits per heavy atom. The molecule has 0 amide bonds. The van der Waals surface area contributed by atoms with Crippen molar-refractivity contribution < 1.29 is 4.43 Å². The second kappa shape index (κ2) is 8.30. The molecule has 2 atom stereocenters. The highest BCUT2D eigenvalue weighted by atomic mass is 28.4. The van der Waals surface area contributed by atoms with Crippen LogP contribution >= 0.6 is 0 Å². The van der Waals surface area contributed by atoms with Gasteiger partial charge in [-0.2, -0.15) is 0 Å². The molecule has 0 saturated carbocycles. The van der Waals surface area contributed by atoms with Crippen molar-refractivity contribution in [2.24, 2.45) is 0 Å². The van der Waals surface area contributed by atoms with Gasteiger partial charge < -0.3 is 9.33 Å². The molecular formula is C24H35NOSi. The maximum absolute atomic E-state index is 7.20. The number of hydrogen-bond acceptors (Lipinski definition) is 2. The highest BCUT2D eigenvalue weighted by Crippen LogP contribution is 2.38. The lowest BCUT2D eigenvalue weighted by molar-refractivity contribution is 0.155. The van der Waals surface area contributed by atoms with Crippen molar-refractivity contribution in [1.82, 2.24) is 4.90 Å². The molecule has 1 fully saturated rings. The van der Waals surface area contributed by atoms with Gasteiger partial charge in [0.2, 0.25) is 0 Å². The number of benzene rings is 2. The quantitative estimate of drug-likeness (QED) is 0.686. The molecule has 2 aromatic rings. The van der Waals surface area contributed by atoms with E-state index in [0.29, 0.717) is 6.04 Å². The first-order valence-electron chi connectivity index (χ1n) is 10.3. The summed E-state index contributed by atoms with van der Waals surface area (Å²) < 4.78 is 7.20. The molecule has 27 heavy (non-hydrogen) atoms. The SMILES string of the molecule is C[C@@H](C[C@@H]1CCCN1C)O[Si](c1ccccc1)(c1ccccc1)C(C)(C)C. The Morgan fingerprint density at radius 2 is 1.52 bits per heavy atom. The summed E-state index contributed by atoms with van der Waals surface area (Å²) in [4.78, 5) is 2.51. The molecular weight excluding hydrogens is 346 g/mol. The van der Waals surface area contributed by atoms with Crippen LogP contribution in [0.1, 0.15) is 47.0 Å². The molecule has 3 heteroatoms. The molecule has 3 rings (SSSR count). The summed E-state index contributed by atoms with van der Waals surface area (Å²) in [6, 6.07) is 22.6. The van der Waals surface area contributed by atoms with Crippen molar-refractivity contribution in [3.63, 3.8) is 0 Å². The predicted octanol–water partition coefficient (Wildman–Crippen LogP) is 4.44. The molecule has 1 heterocycles. The summed E-state index contributed by atoms with van der Waals surface area (Å²) >= 11 is 0. The molecule has 1 aliphatic heterocycles. The van der Waals surface area contributed by atoms with Crippen LogP contribution in [0.5, 0.6) is 0 Å². The first-order chi connectivity index (χ1) is 12.8. The van der Waals surface area contributed by atoms with Crippen molar-refractivity contribution in [3.8, 4) is 0 Å². The molecule has 0 radical (unpaired) electrons. The van der Waals surface area contributed by atoms with E-state index in [1.165, 1.54) is 29.8 Å². The van der Waals surface area contributed by atoms with E-state index >= 15 is 0 Å². The summed E-state index contributed by atoms with van der Waals surface area (Å²) in [5, 5.41) is 2.79. The Morgan fingerprint density at radius 3 is 1.93 bits per heavy atom. The minimum absolute atomic E-state index is 0.0472. The van der Waals surface area contributed by atoms with E-state index in [1.807, 2.05) is 0 Å². The van der Waals surface area contributed by atoms with Crippen LogP contribution in [0.4, 0.5) is 0 Å². The van der Waals surface area contributed by atoms with Crippen LogP contribution in [0.15, 0.2) is 60.7 Å². The summed E-state index contributed by atoms with van der Waals surface area (Å²) in [5.74, 6) is 0. The summed E-state index contributed by atoms with van der Waals surface area (Å²) in [6.45, 7) is 10.6. The molecule has 1 aliphatic rings. The number of rotatable bonds is 6. The Hall–Kier alpha value is -1.42. The van der Waals surface area contributed by atoms with Gasteiger partial charge in [0, 0.05) is 12.1 Å². The minimum atomic E-state index is -2.42. The highest BCUT2D eigenvalue weighted by molar-refractivity contribution is 6.99. The molecule has 0 bridgehead atoms. The van der Waals surface area contributed by atoms with Crippen LogP contribution < -0.4 is 10.4 Å². The normalized spacial score (nSPS) is 20.0. The fraction of sp³-hybridized carbons (Fsp3) is 0.500. The zero-order valence-electron chi connectivity index (χ0n) is 17.6. The fourth-order valence-electron chi connectivity index (χ4n) is 4.70. The van der Waals surface area contributed by atoms with E-state index in [2.05, 4.69) is 100 Å². The second-order valence-electron chi connectivity index (χ2n) is 9.10. The molecule has 0 N–H and O–H groups in total. The van der Waals surface area contributed by atoms with E-state index in [-0.39, 0.29) is 11.1 Å². The fourth-order valence-corrected chi connectivity index (χ4v) is 9.42. The van der Waals surface area contributed by atoms with Crippen LogP contribution in [-0.4, -0.2) is 39.0 Å². The van der Waals surface area contributed by atoms with E-state index in [4.69, 9.17) is 4.43 Å². The lowest BCUT2D eigenvalue weighted by Crippen LogP contribution is -2.67. The third-order valence-corrected chi connectivity index (χ3v) is 11.2. The number of likely N-dealkylation sites (tertiary alicyclic amines) is 1. The van der Waals surface area contributed by atoms with Gasteiger partial charge in [0.05, 0.1) is 0 Å². The zero-order valence-corrected chi connectivity index (χ0v) is 18.6. The van der Waals surface area contributed by atoms with Crippen molar-refractivity contribution >= 4 is 18.7 Å². The van der Waals surface area contributed by atoms with Gasteiger partial charge >= 0.3 is 0 Å². The standard InChI is InChI=1S/C24H35NOSi/c1-20(19-21-13-12-18-25(21)5)26-27(24(2,3)4,22-14-8-6-9-15-22)23-16-10-7-11-17-23/h6-11,14-17,20-21H,12-13,18-19H2,1-5H3/t20-,21-/m0/s1. The van der Waals surface area contributed by atoms with Gasteiger partial charge in [0.15, 0.2) is 0 Å². The molecule has 0 spiro atoms. The molecule has 2 nitrogen and oxygen atoms in total. The van der Waals surface area contributed by atoms with Gasteiger partial charge in [-0.05, 0) is 55.2 Å². The molecule has 0 aromatic heterocycles. The molecule has 0 unspecified atom stereocenters. The van der Waals surface area contributed by atoms with Gasteiger partial charge in [0.25, 0.3) is 8.32 Å². The Bertz CT molecular complexity index is 671. The van der Waals surface area contributed by atoms with Crippen molar-refractivity contribution in [3.05, 3.63) is 60.7 Å². The van der Waals surface area contributed by atoms with Gasteiger partial charge in [-0.25, -0.2) is 0 Å². The lowest BCUT2D eigenvalue weighted by atomic mass is 10.1. The third-order valence-electron chi connectivity index (χ3n) is 6.07. The van der Waals surface area contributed by atoms with Crippen LogP contribution in [0.3, 0.4) is 0 Å². The third kappa shape index (κ3) is 4.21. The van der Waals surface area contributed by atoms with E-state index < -0.39 is 8.32 Å². The maximum atomic E-state index is 7.20. The second-order valence-corrected chi connectivity index (χ2v) is 13.4. The molecule has 0 aliphatic carbocycles. The average molecular weight is 382 g/mol. The number of hydrogen-bond donors (Lipinski definition) is 0. The number of nitrogens with zero attached hydrogens (tertiary/aromatic N) is 1. The Labute approximate surface area is 166 Å². The van der Waals surface area contributed by atoms with Crippen molar-refractivity contribution in [2.45, 2.75) is 64.1 Å². The van der Waals surface area contributed by atoms with Gasteiger partial charge in [-0.3, -0.25) is 0 Å².